The van der Waals surface area contributed by atoms with Gasteiger partial charge >= 0.3 is 6.36 Å². The van der Waals surface area contributed by atoms with Gasteiger partial charge in [-0.15, -0.1) is 24.8 Å². The molecule has 0 aliphatic carbocycles. The van der Waals surface area contributed by atoms with Gasteiger partial charge in [-0.3, -0.25) is 0 Å². The first-order valence-electron chi connectivity index (χ1n) is 4.03. The van der Waals surface area contributed by atoms with Gasteiger partial charge in [0.1, 0.15) is 5.69 Å². The number of hydrogen-bond donors (Lipinski definition) is 0. The van der Waals surface area contributed by atoms with Crippen molar-refractivity contribution in [2.75, 3.05) is 0 Å². The summed E-state index contributed by atoms with van der Waals surface area (Å²) in [6.07, 6.45) is -7.98. The molecule has 0 radical (unpaired) electrons. The Balaban J connectivity index is 3.23. The van der Waals surface area contributed by atoms with Gasteiger partial charge in [-0.25, -0.2) is 13.8 Å². The van der Waals surface area contributed by atoms with E-state index in [-0.39, 0.29) is 15.0 Å². The van der Waals surface area contributed by atoms with E-state index in [2.05, 4.69) is 9.72 Å². The van der Waals surface area contributed by atoms with Crippen molar-refractivity contribution in [2.24, 2.45) is 0 Å². The van der Waals surface area contributed by atoms with Crippen LogP contribution in [0.2, 0.25) is 0 Å². The summed E-state index contributed by atoms with van der Waals surface area (Å²) in [6.45, 7) is 0. The fourth-order valence-corrected chi connectivity index (χ4v) is 1.98. The number of aromatic nitrogens is 1. The second-order valence-corrected chi connectivity index (χ2v) is 4.15. The van der Waals surface area contributed by atoms with E-state index in [1.807, 2.05) is 0 Å². The van der Waals surface area contributed by atoms with Gasteiger partial charge in [0, 0.05) is 5.88 Å². The highest BCUT2D eigenvalue weighted by Crippen LogP contribution is 2.31. The minimum atomic E-state index is -4.99. The van der Waals surface area contributed by atoms with Crippen molar-refractivity contribution >= 4 is 34.2 Å². The van der Waals surface area contributed by atoms with Gasteiger partial charge in [0.2, 0.25) is 5.88 Å². The maximum atomic E-state index is 12.4. The van der Waals surface area contributed by atoms with Crippen molar-refractivity contribution < 1.29 is 26.7 Å². The molecule has 0 unspecified atom stereocenters. The molecule has 0 saturated carbocycles. The van der Waals surface area contributed by atoms with Crippen molar-refractivity contribution in [3.63, 3.8) is 0 Å². The van der Waals surface area contributed by atoms with E-state index in [1.165, 1.54) is 22.6 Å². The van der Waals surface area contributed by atoms with E-state index in [1.54, 1.807) is 0 Å². The normalized spacial score (nSPS) is 12.0. The molecule has 1 rings (SSSR count). The average Bonchev–Trinajstić information content (AvgIpc) is 2.18. The van der Waals surface area contributed by atoms with E-state index in [9.17, 15) is 22.0 Å². The number of alkyl halides is 6. The minimum Gasteiger partial charge on any atom is -0.387 e. The molecule has 0 spiro atoms. The molecule has 1 aromatic heterocycles. The van der Waals surface area contributed by atoms with Crippen LogP contribution in [0.3, 0.4) is 0 Å². The summed E-state index contributed by atoms with van der Waals surface area (Å²) in [5, 5.41) is 0. The van der Waals surface area contributed by atoms with E-state index >= 15 is 0 Å². The molecule has 0 N–H and O–H groups in total. The average molecular weight is 387 g/mol. The Bertz CT molecular complexity index is 412. The minimum absolute atomic E-state index is 0.0423. The first-order valence-corrected chi connectivity index (χ1v) is 5.65. The largest absolute Gasteiger partial charge is 0.574 e. The first-order chi connectivity index (χ1) is 7.74. The molecule has 0 fully saturated rings. The number of pyridine rings is 1. The predicted octanol–water partition coefficient (Wildman–Crippen LogP) is 4.26. The van der Waals surface area contributed by atoms with Gasteiger partial charge in [-0.05, 0) is 34.2 Å². The van der Waals surface area contributed by atoms with E-state index in [4.69, 9.17) is 11.6 Å². The van der Waals surface area contributed by atoms with Crippen molar-refractivity contribution in [1.29, 1.82) is 0 Å². The van der Waals surface area contributed by atoms with Crippen LogP contribution in [0.4, 0.5) is 22.0 Å². The summed E-state index contributed by atoms with van der Waals surface area (Å²) < 4.78 is 64.3. The molecule has 17 heavy (non-hydrogen) atoms. The zero-order valence-electron chi connectivity index (χ0n) is 7.86. The van der Waals surface area contributed by atoms with E-state index in [0.29, 0.717) is 0 Å². The summed E-state index contributed by atoms with van der Waals surface area (Å²) in [5.74, 6) is -1.12. The first kappa shape index (κ1) is 14.7. The number of halogens is 7. The van der Waals surface area contributed by atoms with Crippen LogP contribution >= 0.6 is 34.2 Å². The molecule has 96 valence electrons. The molecule has 9 heteroatoms. The highest BCUT2D eigenvalue weighted by Gasteiger charge is 2.33. The molecular weight excluding hydrogens is 383 g/mol. The van der Waals surface area contributed by atoms with E-state index < -0.39 is 24.4 Å². The molecule has 0 amide bonds. The van der Waals surface area contributed by atoms with Crippen molar-refractivity contribution in [3.05, 3.63) is 20.9 Å². The van der Waals surface area contributed by atoms with Crippen LogP contribution in [0.1, 0.15) is 17.7 Å². The predicted molar refractivity (Wildman–Crippen MR) is 58.2 cm³/mol. The van der Waals surface area contributed by atoms with Gasteiger partial charge in [-0.1, -0.05) is 0 Å². The van der Waals surface area contributed by atoms with Crippen LogP contribution in [0.5, 0.6) is 5.88 Å². The monoisotopic (exact) mass is 387 g/mol. The molecule has 0 saturated heterocycles. The second kappa shape index (κ2) is 5.51. The molecule has 0 aromatic carbocycles. The molecular formula is C8H4ClF5INO. The van der Waals surface area contributed by atoms with Crippen LogP contribution in [-0.2, 0) is 5.88 Å². The number of hydrogen-bond acceptors (Lipinski definition) is 2. The van der Waals surface area contributed by atoms with Gasteiger partial charge in [0.25, 0.3) is 6.43 Å². The summed E-state index contributed by atoms with van der Waals surface area (Å²) in [7, 11) is 0. The molecule has 1 aromatic rings. The quantitative estimate of drug-likeness (QED) is 0.439. The highest BCUT2D eigenvalue weighted by molar-refractivity contribution is 14.1. The van der Waals surface area contributed by atoms with Crippen LogP contribution < -0.4 is 4.74 Å². The molecule has 2 nitrogen and oxygen atoms in total. The summed E-state index contributed by atoms with van der Waals surface area (Å²) in [5.41, 5.74) is -0.697. The maximum absolute atomic E-state index is 12.4. The van der Waals surface area contributed by atoms with Gasteiger partial charge in [0.15, 0.2) is 0 Å². The lowest BCUT2D eigenvalue weighted by Gasteiger charge is -2.13. The molecule has 0 bridgehead atoms. The third-order valence-electron chi connectivity index (χ3n) is 1.60. The van der Waals surface area contributed by atoms with Gasteiger partial charge in [-0.2, -0.15) is 0 Å². The Labute approximate surface area is 111 Å². The van der Waals surface area contributed by atoms with Gasteiger partial charge < -0.3 is 4.74 Å². The Hall–Kier alpha value is -0.380. The van der Waals surface area contributed by atoms with Gasteiger partial charge in [0.05, 0.1) is 3.57 Å². The van der Waals surface area contributed by atoms with E-state index in [0.717, 1.165) is 6.07 Å². The lowest BCUT2D eigenvalue weighted by molar-refractivity contribution is -0.276. The lowest BCUT2D eigenvalue weighted by atomic mass is 10.2. The third kappa shape index (κ3) is 4.09. The smallest absolute Gasteiger partial charge is 0.387 e. The fraction of sp³-hybridized carbons (Fsp3) is 0.375. The second-order valence-electron chi connectivity index (χ2n) is 2.81. The Morgan fingerprint density at radius 3 is 2.41 bits per heavy atom. The highest BCUT2D eigenvalue weighted by atomic mass is 127. The summed E-state index contributed by atoms with van der Waals surface area (Å²) in [6, 6.07) is 0.947. The topological polar surface area (TPSA) is 22.1 Å². The SMILES string of the molecule is FC(F)c1cc(CCl)c(I)c(OC(F)(F)F)n1. The number of ether oxygens (including phenoxy) is 1. The lowest BCUT2D eigenvalue weighted by Crippen LogP contribution is -2.19. The maximum Gasteiger partial charge on any atom is 0.574 e. The Morgan fingerprint density at radius 2 is 2.00 bits per heavy atom. The van der Waals surface area contributed by atoms with Crippen LogP contribution in [0.15, 0.2) is 6.07 Å². The molecule has 1 heterocycles. The number of nitrogens with zero attached hydrogens (tertiary/aromatic N) is 1. The van der Waals surface area contributed by atoms with Crippen molar-refractivity contribution in [2.45, 2.75) is 18.7 Å². The zero-order chi connectivity index (χ0) is 13.2. The third-order valence-corrected chi connectivity index (χ3v) is 3.04. The fourth-order valence-electron chi connectivity index (χ4n) is 0.964. The standard InChI is InChI=1S/C8H4ClF5INO/c9-2-3-1-4(6(10)11)16-7(5(3)15)17-8(12,13)14/h1,6H,2H2. The number of rotatable bonds is 3. The Kier molecular flexibility index (Phi) is 4.76. The Morgan fingerprint density at radius 1 is 1.41 bits per heavy atom. The molecule has 0 atom stereocenters. The van der Waals surface area contributed by atoms with Crippen LogP contribution in [0, 0.1) is 3.57 Å². The molecule has 0 aliphatic heterocycles. The van der Waals surface area contributed by atoms with Crippen LogP contribution in [0.25, 0.3) is 0 Å². The molecule has 0 aliphatic rings. The summed E-state index contributed by atoms with van der Waals surface area (Å²) in [4.78, 5) is 3.11. The summed E-state index contributed by atoms with van der Waals surface area (Å²) >= 11 is 6.94. The van der Waals surface area contributed by atoms with Crippen LogP contribution in [-0.4, -0.2) is 11.3 Å². The van der Waals surface area contributed by atoms with Crippen molar-refractivity contribution in [1.82, 2.24) is 4.98 Å². The zero-order valence-corrected chi connectivity index (χ0v) is 10.8. The van der Waals surface area contributed by atoms with Crippen molar-refractivity contribution in [3.8, 4) is 5.88 Å².